The first-order valence-corrected chi connectivity index (χ1v) is 6.66. The fraction of sp³-hybridized carbons (Fsp3) is 0.667. The first-order chi connectivity index (χ1) is 7.31. The van der Waals surface area contributed by atoms with E-state index in [4.69, 9.17) is 0 Å². The molecule has 0 bridgehead atoms. The van der Waals surface area contributed by atoms with Gasteiger partial charge in [0.1, 0.15) is 0 Å². The maximum Gasteiger partial charge on any atom is 0.0328 e. The summed E-state index contributed by atoms with van der Waals surface area (Å²) in [5.74, 6) is 0.844. The van der Waals surface area contributed by atoms with E-state index < -0.39 is 0 Å². The second kappa shape index (κ2) is 5.10. The quantitative estimate of drug-likeness (QED) is 0.844. The molecule has 1 aromatic heterocycles. The van der Waals surface area contributed by atoms with Gasteiger partial charge in [0, 0.05) is 12.6 Å². The van der Waals surface area contributed by atoms with E-state index in [1.165, 1.54) is 25.1 Å². The number of hydrogen-bond acceptors (Lipinski definition) is 3. The topological polar surface area (TPSA) is 15.3 Å². The Bertz CT molecular complexity index is 284. The molecule has 2 nitrogen and oxygen atoms in total. The highest BCUT2D eigenvalue weighted by Gasteiger charge is 2.26. The normalized spacial score (nSPS) is 24.5. The molecule has 15 heavy (non-hydrogen) atoms. The number of likely N-dealkylation sites (tertiary alicyclic amines) is 1. The monoisotopic (exact) mass is 224 g/mol. The summed E-state index contributed by atoms with van der Waals surface area (Å²) in [6, 6.07) is 2.85. The van der Waals surface area contributed by atoms with E-state index in [2.05, 4.69) is 34.0 Å². The average Bonchev–Trinajstić information content (AvgIpc) is 2.87. The van der Waals surface area contributed by atoms with Crippen LogP contribution in [0.15, 0.2) is 16.8 Å². The molecule has 0 spiro atoms. The van der Waals surface area contributed by atoms with Gasteiger partial charge in [0.25, 0.3) is 0 Å². The van der Waals surface area contributed by atoms with Crippen molar-refractivity contribution in [1.29, 1.82) is 0 Å². The summed E-state index contributed by atoms with van der Waals surface area (Å²) < 4.78 is 0. The van der Waals surface area contributed by atoms with Gasteiger partial charge in [-0.15, -0.1) is 0 Å². The van der Waals surface area contributed by atoms with Crippen molar-refractivity contribution in [3.8, 4) is 0 Å². The van der Waals surface area contributed by atoms with Crippen LogP contribution in [0.1, 0.15) is 24.9 Å². The van der Waals surface area contributed by atoms with Crippen molar-refractivity contribution in [2.24, 2.45) is 5.92 Å². The molecule has 0 radical (unpaired) electrons. The molecule has 2 heterocycles. The zero-order chi connectivity index (χ0) is 10.7. The highest BCUT2D eigenvalue weighted by molar-refractivity contribution is 7.07. The van der Waals surface area contributed by atoms with Crippen LogP contribution in [0.3, 0.4) is 0 Å². The van der Waals surface area contributed by atoms with Gasteiger partial charge in [-0.1, -0.05) is 0 Å². The molecule has 1 saturated heterocycles. The molecule has 84 valence electrons. The van der Waals surface area contributed by atoms with Crippen LogP contribution in [-0.2, 0) is 0 Å². The fourth-order valence-electron chi connectivity index (χ4n) is 2.39. The predicted molar refractivity (Wildman–Crippen MR) is 66.3 cm³/mol. The van der Waals surface area contributed by atoms with Crippen LogP contribution in [0, 0.1) is 5.92 Å². The third-order valence-corrected chi connectivity index (χ3v) is 4.08. The summed E-state index contributed by atoms with van der Waals surface area (Å²) in [5, 5.41) is 7.73. The van der Waals surface area contributed by atoms with E-state index in [-0.39, 0.29) is 0 Å². The smallest absolute Gasteiger partial charge is 0.0328 e. The molecule has 0 amide bonds. The van der Waals surface area contributed by atoms with E-state index >= 15 is 0 Å². The summed E-state index contributed by atoms with van der Waals surface area (Å²) >= 11 is 1.80. The Labute approximate surface area is 96.3 Å². The molecule has 3 heteroatoms. The molecule has 1 aliphatic heterocycles. The lowest BCUT2D eigenvalue weighted by Gasteiger charge is -2.23. The molecule has 0 aromatic carbocycles. The Balaban J connectivity index is 1.90. The molecule has 2 unspecified atom stereocenters. The van der Waals surface area contributed by atoms with E-state index in [1.807, 2.05) is 7.05 Å². The summed E-state index contributed by atoms with van der Waals surface area (Å²) in [5.41, 5.74) is 1.48. The summed E-state index contributed by atoms with van der Waals surface area (Å²) in [6.07, 6.45) is 1.34. The summed E-state index contributed by atoms with van der Waals surface area (Å²) in [4.78, 5) is 2.60. The van der Waals surface area contributed by atoms with Crippen LogP contribution in [0.2, 0.25) is 0 Å². The second-order valence-corrected chi connectivity index (χ2v) is 5.22. The molecule has 0 saturated carbocycles. The fourth-order valence-corrected chi connectivity index (χ4v) is 3.14. The van der Waals surface area contributed by atoms with Crippen molar-refractivity contribution in [3.05, 3.63) is 22.4 Å². The molecule has 1 fully saturated rings. The van der Waals surface area contributed by atoms with Crippen LogP contribution in [0.25, 0.3) is 0 Å². The SMILES string of the molecule is CNCC1CCN(C(C)c2ccsc2)C1. The molecule has 2 rings (SSSR count). The molecule has 0 aliphatic carbocycles. The van der Waals surface area contributed by atoms with Gasteiger partial charge in [-0.05, 0) is 61.8 Å². The summed E-state index contributed by atoms with van der Waals surface area (Å²) in [7, 11) is 2.05. The zero-order valence-electron chi connectivity index (χ0n) is 9.57. The Hall–Kier alpha value is -0.380. The standard InChI is InChI=1S/C12H20N2S/c1-10(12-4-6-15-9-12)14-5-3-11(8-14)7-13-2/h4,6,9-11,13H,3,5,7-8H2,1-2H3. The lowest BCUT2D eigenvalue weighted by atomic mass is 10.1. The Morgan fingerprint density at radius 1 is 1.67 bits per heavy atom. The van der Waals surface area contributed by atoms with Gasteiger partial charge in [0.05, 0.1) is 0 Å². The maximum atomic E-state index is 3.28. The average molecular weight is 224 g/mol. The molecule has 1 N–H and O–H groups in total. The van der Waals surface area contributed by atoms with Crippen LogP contribution < -0.4 is 5.32 Å². The third kappa shape index (κ3) is 2.60. The minimum absolute atomic E-state index is 0.595. The van der Waals surface area contributed by atoms with Gasteiger partial charge in [-0.2, -0.15) is 11.3 Å². The maximum absolute atomic E-state index is 3.28. The van der Waals surface area contributed by atoms with E-state index in [9.17, 15) is 0 Å². The number of nitrogens with zero attached hydrogens (tertiary/aromatic N) is 1. The minimum atomic E-state index is 0.595. The summed E-state index contributed by atoms with van der Waals surface area (Å²) in [6.45, 7) is 5.98. The zero-order valence-corrected chi connectivity index (χ0v) is 10.4. The molecule has 2 atom stereocenters. The number of rotatable bonds is 4. The highest BCUT2D eigenvalue weighted by atomic mass is 32.1. The Kier molecular flexibility index (Phi) is 3.78. The second-order valence-electron chi connectivity index (χ2n) is 4.44. The largest absolute Gasteiger partial charge is 0.319 e. The van der Waals surface area contributed by atoms with Crippen molar-refractivity contribution in [2.45, 2.75) is 19.4 Å². The lowest BCUT2D eigenvalue weighted by molar-refractivity contribution is 0.252. The van der Waals surface area contributed by atoms with Gasteiger partial charge >= 0.3 is 0 Å². The number of thiophene rings is 1. The van der Waals surface area contributed by atoms with E-state index in [0.717, 1.165) is 12.5 Å². The van der Waals surface area contributed by atoms with Crippen molar-refractivity contribution in [2.75, 3.05) is 26.7 Å². The van der Waals surface area contributed by atoms with Crippen molar-refractivity contribution < 1.29 is 0 Å². The van der Waals surface area contributed by atoms with E-state index in [0.29, 0.717) is 6.04 Å². The van der Waals surface area contributed by atoms with Crippen LogP contribution in [-0.4, -0.2) is 31.6 Å². The lowest BCUT2D eigenvalue weighted by Crippen LogP contribution is -2.26. The van der Waals surface area contributed by atoms with Crippen molar-refractivity contribution in [3.63, 3.8) is 0 Å². The van der Waals surface area contributed by atoms with Crippen LogP contribution >= 0.6 is 11.3 Å². The highest BCUT2D eigenvalue weighted by Crippen LogP contribution is 2.28. The van der Waals surface area contributed by atoms with Gasteiger partial charge in [-0.3, -0.25) is 4.90 Å². The van der Waals surface area contributed by atoms with E-state index in [1.54, 1.807) is 11.3 Å². The Morgan fingerprint density at radius 3 is 3.20 bits per heavy atom. The van der Waals surface area contributed by atoms with Gasteiger partial charge in [0.15, 0.2) is 0 Å². The molecular weight excluding hydrogens is 204 g/mol. The van der Waals surface area contributed by atoms with Gasteiger partial charge in [0.2, 0.25) is 0 Å². The molecule has 1 aliphatic rings. The van der Waals surface area contributed by atoms with Crippen molar-refractivity contribution in [1.82, 2.24) is 10.2 Å². The third-order valence-electron chi connectivity index (χ3n) is 3.38. The molecule has 1 aromatic rings. The predicted octanol–water partition coefficient (Wildman–Crippen LogP) is 2.35. The van der Waals surface area contributed by atoms with Crippen LogP contribution in [0.4, 0.5) is 0 Å². The minimum Gasteiger partial charge on any atom is -0.319 e. The van der Waals surface area contributed by atoms with Crippen LogP contribution in [0.5, 0.6) is 0 Å². The number of nitrogens with one attached hydrogen (secondary N) is 1. The first-order valence-electron chi connectivity index (χ1n) is 5.72. The number of hydrogen-bond donors (Lipinski definition) is 1. The Morgan fingerprint density at radius 2 is 2.53 bits per heavy atom. The van der Waals surface area contributed by atoms with Gasteiger partial charge < -0.3 is 5.32 Å². The molecular formula is C12H20N2S. The van der Waals surface area contributed by atoms with Crippen molar-refractivity contribution >= 4 is 11.3 Å². The first kappa shape index (κ1) is 11.1. The van der Waals surface area contributed by atoms with Gasteiger partial charge in [-0.25, -0.2) is 0 Å².